The van der Waals surface area contributed by atoms with Crippen LogP contribution in [0, 0.1) is 0 Å². The maximum Gasteiger partial charge on any atom is 0.407 e. The summed E-state index contributed by atoms with van der Waals surface area (Å²) in [4.78, 5) is 12.9. The van der Waals surface area contributed by atoms with Gasteiger partial charge in [-0.15, -0.1) is 0 Å². The van der Waals surface area contributed by atoms with Crippen molar-refractivity contribution < 1.29 is 28.5 Å². The first-order valence-electron chi connectivity index (χ1n) is 10.1. The van der Waals surface area contributed by atoms with Crippen LogP contribution >= 0.6 is 0 Å². The van der Waals surface area contributed by atoms with Gasteiger partial charge in [-0.25, -0.2) is 4.79 Å². The first kappa shape index (κ1) is 20.8. The molecule has 9 heteroatoms. The van der Waals surface area contributed by atoms with E-state index in [1.807, 2.05) is 24.3 Å². The largest absolute Gasteiger partial charge is 0.493 e. The second kappa shape index (κ2) is 9.57. The van der Waals surface area contributed by atoms with E-state index in [0.717, 1.165) is 17.7 Å². The molecule has 1 aliphatic heterocycles. The second-order valence-electron chi connectivity index (χ2n) is 7.19. The molecular weight excluding hydrogens is 402 g/mol. The van der Waals surface area contributed by atoms with Crippen molar-refractivity contribution in [3.05, 3.63) is 54.6 Å². The Kier molecular flexibility index (Phi) is 6.42. The molecular formula is C22H25N3O6. The lowest BCUT2D eigenvalue weighted by atomic mass is 10.1. The van der Waals surface area contributed by atoms with E-state index < -0.39 is 6.09 Å². The molecule has 0 bridgehead atoms. The summed E-state index contributed by atoms with van der Waals surface area (Å²) in [6.45, 7) is 2.10. The number of aromatic nitrogens is 2. The fraction of sp³-hybridized carbons (Fsp3) is 0.364. The Labute approximate surface area is 179 Å². The Hall–Kier alpha value is -3.46. The number of hydrogen-bond acceptors (Lipinski definition) is 6. The van der Waals surface area contributed by atoms with E-state index in [2.05, 4.69) is 5.10 Å². The Morgan fingerprint density at radius 2 is 2.23 bits per heavy atom. The van der Waals surface area contributed by atoms with Gasteiger partial charge in [0.15, 0.2) is 11.5 Å². The van der Waals surface area contributed by atoms with Gasteiger partial charge < -0.3 is 23.7 Å². The number of hydrogen-bond donors (Lipinski definition) is 1. The molecule has 4 rings (SSSR count). The summed E-state index contributed by atoms with van der Waals surface area (Å²) in [5.41, 5.74) is 1.76. The lowest BCUT2D eigenvalue weighted by Crippen LogP contribution is -2.32. The third-order valence-electron chi connectivity index (χ3n) is 5.14. The summed E-state index contributed by atoms with van der Waals surface area (Å²) in [5.74, 6) is 1.89. The van der Waals surface area contributed by atoms with Gasteiger partial charge in [0.1, 0.15) is 11.9 Å². The molecule has 0 aliphatic carbocycles. The zero-order chi connectivity index (χ0) is 21.6. The summed E-state index contributed by atoms with van der Waals surface area (Å²) < 4.78 is 24.0. The minimum atomic E-state index is -1.01. The standard InChI is InChI=1S/C22H25N3O6/c1-28-20-5-4-16(13-21(20)31-18-7-12-29-15-18)19-6-8-23-25(19)10-9-24(22(26)27)14-17-3-2-11-30-17/h2-6,8,11,13,18H,7,9-10,12,14-15H2,1H3,(H,26,27)/t18-/m1/s1. The summed E-state index contributed by atoms with van der Waals surface area (Å²) >= 11 is 0. The van der Waals surface area contributed by atoms with Gasteiger partial charge in [0, 0.05) is 24.7 Å². The number of benzene rings is 1. The van der Waals surface area contributed by atoms with Crippen LogP contribution in [0.1, 0.15) is 12.2 Å². The van der Waals surface area contributed by atoms with Crippen molar-refractivity contribution in [3.63, 3.8) is 0 Å². The average molecular weight is 427 g/mol. The van der Waals surface area contributed by atoms with E-state index in [0.29, 0.717) is 37.0 Å². The first-order valence-corrected chi connectivity index (χ1v) is 10.1. The van der Waals surface area contributed by atoms with Crippen molar-refractivity contribution in [2.75, 3.05) is 26.9 Å². The molecule has 164 valence electrons. The van der Waals surface area contributed by atoms with Crippen LogP contribution in [0.4, 0.5) is 4.79 Å². The lowest BCUT2D eigenvalue weighted by Gasteiger charge is -2.19. The smallest absolute Gasteiger partial charge is 0.407 e. The highest BCUT2D eigenvalue weighted by Crippen LogP contribution is 2.34. The Bertz CT molecular complexity index is 995. The fourth-order valence-corrected chi connectivity index (χ4v) is 3.52. The van der Waals surface area contributed by atoms with E-state index >= 15 is 0 Å². The van der Waals surface area contributed by atoms with Gasteiger partial charge >= 0.3 is 6.09 Å². The van der Waals surface area contributed by atoms with E-state index in [1.165, 1.54) is 11.2 Å². The fourth-order valence-electron chi connectivity index (χ4n) is 3.52. The Morgan fingerprint density at radius 3 is 2.94 bits per heavy atom. The molecule has 9 nitrogen and oxygen atoms in total. The number of furan rings is 1. The maximum absolute atomic E-state index is 11.6. The maximum atomic E-state index is 11.6. The van der Waals surface area contributed by atoms with Gasteiger partial charge in [-0.3, -0.25) is 9.58 Å². The van der Waals surface area contributed by atoms with Crippen LogP contribution < -0.4 is 9.47 Å². The highest BCUT2D eigenvalue weighted by Gasteiger charge is 2.20. The number of carboxylic acid groups (broad SMARTS) is 1. The number of methoxy groups -OCH3 is 1. The highest BCUT2D eigenvalue weighted by molar-refractivity contribution is 5.65. The molecule has 1 saturated heterocycles. The minimum absolute atomic E-state index is 0.000198. The SMILES string of the molecule is COc1ccc(-c2ccnn2CCN(Cc2ccco2)C(=O)O)cc1O[C@@H]1CCOC1. The van der Waals surface area contributed by atoms with Crippen molar-refractivity contribution in [2.24, 2.45) is 0 Å². The van der Waals surface area contributed by atoms with Crippen molar-refractivity contribution in [1.82, 2.24) is 14.7 Å². The average Bonchev–Trinajstić information content (AvgIpc) is 3.53. The predicted molar refractivity (Wildman–Crippen MR) is 111 cm³/mol. The molecule has 2 aromatic heterocycles. The topological polar surface area (TPSA) is 99.2 Å². The molecule has 1 aromatic carbocycles. The molecule has 1 fully saturated rings. The highest BCUT2D eigenvalue weighted by atomic mass is 16.6. The van der Waals surface area contributed by atoms with E-state index in [9.17, 15) is 9.90 Å². The molecule has 31 heavy (non-hydrogen) atoms. The van der Waals surface area contributed by atoms with Gasteiger partial charge in [0.05, 0.1) is 45.4 Å². The van der Waals surface area contributed by atoms with Crippen molar-refractivity contribution >= 4 is 6.09 Å². The quantitative estimate of drug-likeness (QED) is 0.558. The van der Waals surface area contributed by atoms with Crippen LogP contribution in [-0.2, 0) is 17.8 Å². The van der Waals surface area contributed by atoms with E-state index in [4.69, 9.17) is 18.6 Å². The van der Waals surface area contributed by atoms with Gasteiger partial charge in [-0.1, -0.05) is 0 Å². The molecule has 3 heterocycles. The van der Waals surface area contributed by atoms with Gasteiger partial charge in [-0.2, -0.15) is 5.10 Å². The monoisotopic (exact) mass is 427 g/mol. The summed E-state index contributed by atoms with van der Waals surface area (Å²) in [7, 11) is 1.61. The number of nitrogens with zero attached hydrogens (tertiary/aromatic N) is 3. The van der Waals surface area contributed by atoms with Crippen LogP contribution in [0.5, 0.6) is 11.5 Å². The van der Waals surface area contributed by atoms with Crippen LogP contribution in [0.2, 0.25) is 0 Å². The summed E-state index contributed by atoms with van der Waals surface area (Å²) in [6.07, 6.45) is 3.06. The van der Waals surface area contributed by atoms with Gasteiger partial charge in [0.2, 0.25) is 0 Å². The lowest BCUT2D eigenvalue weighted by molar-refractivity contribution is 0.136. The first-order chi connectivity index (χ1) is 15.1. The van der Waals surface area contributed by atoms with Crippen LogP contribution in [0.15, 0.2) is 53.3 Å². The van der Waals surface area contributed by atoms with Crippen LogP contribution in [0.3, 0.4) is 0 Å². The van der Waals surface area contributed by atoms with Crippen LogP contribution in [0.25, 0.3) is 11.3 Å². The predicted octanol–water partition coefficient (Wildman–Crippen LogP) is 3.50. The molecule has 1 atom stereocenters. The molecule has 1 N–H and O–H groups in total. The van der Waals surface area contributed by atoms with E-state index in [-0.39, 0.29) is 19.2 Å². The van der Waals surface area contributed by atoms with Crippen molar-refractivity contribution in [1.29, 1.82) is 0 Å². The summed E-state index contributed by atoms with van der Waals surface area (Å²) in [5, 5.41) is 13.9. The Morgan fingerprint density at radius 1 is 1.32 bits per heavy atom. The van der Waals surface area contributed by atoms with Crippen molar-refractivity contribution in [2.45, 2.75) is 25.6 Å². The number of ether oxygens (including phenoxy) is 3. The molecule has 1 amide bonds. The molecule has 3 aromatic rings. The second-order valence-corrected chi connectivity index (χ2v) is 7.19. The van der Waals surface area contributed by atoms with E-state index in [1.54, 1.807) is 30.1 Å². The molecule has 0 spiro atoms. The zero-order valence-electron chi connectivity index (χ0n) is 17.3. The molecule has 0 radical (unpaired) electrons. The normalized spacial score (nSPS) is 15.7. The van der Waals surface area contributed by atoms with Gasteiger partial charge in [-0.05, 0) is 36.4 Å². The van der Waals surface area contributed by atoms with Gasteiger partial charge in [0.25, 0.3) is 0 Å². The Balaban J connectivity index is 1.50. The minimum Gasteiger partial charge on any atom is -0.493 e. The molecule has 1 aliphatic rings. The zero-order valence-corrected chi connectivity index (χ0v) is 17.3. The third-order valence-corrected chi connectivity index (χ3v) is 5.14. The van der Waals surface area contributed by atoms with Crippen molar-refractivity contribution in [3.8, 4) is 22.8 Å². The summed E-state index contributed by atoms with van der Waals surface area (Å²) in [6, 6.07) is 11.1. The molecule has 0 unspecified atom stereocenters. The number of rotatable bonds is 9. The number of amides is 1. The third kappa shape index (κ3) is 5.00. The molecule has 0 saturated carbocycles. The van der Waals surface area contributed by atoms with Crippen LogP contribution in [-0.4, -0.2) is 58.9 Å². The number of carbonyl (C=O) groups is 1.